The van der Waals surface area contributed by atoms with E-state index < -0.39 is 0 Å². The molecule has 2 N–H and O–H groups in total. The van der Waals surface area contributed by atoms with Crippen LogP contribution in [-0.2, 0) is 4.79 Å². The van der Waals surface area contributed by atoms with Crippen molar-refractivity contribution >= 4 is 39.8 Å². The van der Waals surface area contributed by atoms with E-state index in [1.54, 1.807) is 6.07 Å². The molecule has 0 saturated heterocycles. The van der Waals surface area contributed by atoms with Crippen LogP contribution in [0.2, 0.25) is 5.15 Å². The van der Waals surface area contributed by atoms with Gasteiger partial charge in [-0.25, -0.2) is 4.98 Å². The van der Waals surface area contributed by atoms with Crippen molar-refractivity contribution in [3.05, 3.63) is 59.8 Å². The Balaban J connectivity index is 1.56. The minimum atomic E-state index is -0.113. The molecule has 128 valence electrons. The first-order chi connectivity index (χ1) is 12.1. The molecule has 0 saturated carbocycles. The van der Waals surface area contributed by atoms with Gasteiger partial charge in [0.1, 0.15) is 23.3 Å². The average molecular weight is 356 g/mol. The predicted molar refractivity (Wildman–Crippen MR) is 101 cm³/mol. The molecule has 3 aromatic rings. The van der Waals surface area contributed by atoms with Crippen LogP contribution in [0.3, 0.4) is 0 Å². The van der Waals surface area contributed by atoms with Gasteiger partial charge >= 0.3 is 0 Å². The van der Waals surface area contributed by atoms with Gasteiger partial charge in [-0.3, -0.25) is 4.79 Å². The number of fused-ring (bicyclic) bond motifs is 1. The summed E-state index contributed by atoms with van der Waals surface area (Å²) in [5.74, 6) is 1.29. The number of ether oxygens (including phenoxy) is 1. The third kappa shape index (κ3) is 4.61. The van der Waals surface area contributed by atoms with Crippen molar-refractivity contribution in [3.8, 4) is 5.75 Å². The Kier molecular flexibility index (Phi) is 5.36. The van der Waals surface area contributed by atoms with Gasteiger partial charge in [-0.15, -0.1) is 0 Å². The SMILES string of the molecule is CC(=O)Nc1cccc(OCCNc2cc3ccccc3c(Cl)n2)c1. The molecule has 3 rings (SSSR count). The first-order valence-corrected chi connectivity index (χ1v) is 8.29. The second-order valence-electron chi connectivity index (χ2n) is 5.50. The number of rotatable bonds is 6. The summed E-state index contributed by atoms with van der Waals surface area (Å²) in [7, 11) is 0. The van der Waals surface area contributed by atoms with E-state index in [0.29, 0.717) is 35.6 Å². The van der Waals surface area contributed by atoms with Crippen molar-refractivity contribution in [1.29, 1.82) is 0 Å². The Morgan fingerprint density at radius 3 is 2.84 bits per heavy atom. The van der Waals surface area contributed by atoms with Crippen LogP contribution in [0.25, 0.3) is 10.8 Å². The summed E-state index contributed by atoms with van der Waals surface area (Å²) >= 11 is 6.21. The molecule has 0 fully saturated rings. The topological polar surface area (TPSA) is 63.2 Å². The van der Waals surface area contributed by atoms with E-state index in [2.05, 4.69) is 15.6 Å². The normalized spacial score (nSPS) is 10.5. The largest absolute Gasteiger partial charge is 0.492 e. The second-order valence-corrected chi connectivity index (χ2v) is 5.86. The number of anilines is 2. The highest BCUT2D eigenvalue weighted by atomic mass is 35.5. The lowest BCUT2D eigenvalue weighted by Gasteiger charge is -2.10. The Hall–Kier alpha value is -2.79. The molecule has 0 bridgehead atoms. The molecule has 0 radical (unpaired) electrons. The molecular formula is C19H18ClN3O2. The number of carbonyl (C=O) groups is 1. The Morgan fingerprint density at radius 2 is 2.00 bits per heavy atom. The number of pyridine rings is 1. The van der Waals surface area contributed by atoms with Crippen LogP contribution in [-0.4, -0.2) is 24.0 Å². The fourth-order valence-electron chi connectivity index (χ4n) is 2.46. The lowest BCUT2D eigenvalue weighted by molar-refractivity contribution is -0.114. The summed E-state index contributed by atoms with van der Waals surface area (Å²) in [5.41, 5.74) is 0.709. The third-order valence-corrected chi connectivity index (χ3v) is 3.81. The standard InChI is InChI=1S/C19H18ClN3O2/c1-13(24)22-15-6-4-7-16(12-15)25-10-9-21-18-11-14-5-2-3-8-17(14)19(20)23-18/h2-8,11-12H,9-10H2,1H3,(H,21,23)(H,22,24). The number of nitrogens with one attached hydrogen (secondary N) is 2. The quantitative estimate of drug-likeness (QED) is 0.510. The smallest absolute Gasteiger partial charge is 0.221 e. The van der Waals surface area contributed by atoms with Crippen LogP contribution in [0, 0.1) is 0 Å². The Bertz CT molecular complexity index is 899. The van der Waals surface area contributed by atoms with Crippen molar-refractivity contribution in [1.82, 2.24) is 4.98 Å². The van der Waals surface area contributed by atoms with Crippen LogP contribution in [0.5, 0.6) is 5.75 Å². The van der Waals surface area contributed by atoms with Crippen LogP contribution in [0.1, 0.15) is 6.92 Å². The average Bonchev–Trinajstić information content (AvgIpc) is 2.59. The highest BCUT2D eigenvalue weighted by Gasteiger charge is 2.03. The van der Waals surface area contributed by atoms with Gasteiger partial charge in [-0.05, 0) is 23.6 Å². The second kappa shape index (κ2) is 7.85. The lowest BCUT2D eigenvalue weighted by atomic mass is 10.2. The number of aromatic nitrogens is 1. The molecule has 0 atom stereocenters. The molecule has 1 heterocycles. The minimum absolute atomic E-state index is 0.113. The molecule has 2 aromatic carbocycles. The zero-order chi connectivity index (χ0) is 17.6. The van der Waals surface area contributed by atoms with Crippen LogP contribution < -0.4 is 15.4 Å². The number of hydrogen-bond donors (Lipinski definition) is 2. The highest BCUT2D eigenvalue weighted by Crippen LogP contribution is 2.24. The maximum Gasteiger partial charge on any atom is 0.221 e. The fraction of sp³-hybridized carbons (Fsp3) is 0.158. The summed E-state index contributed by atoms with van der Waals surface area (Å²) in [6.07, 6.45) is 0. The first kappa shape index (κ1) is 17.0. The molecule has 0 unspecified atom stereocenters. The maximum atomic E-state index is 11.1. The van der Waals surface area contributed by atoms with E-state index in [0.717, 1.165) is 10.8 Å². The number of amides is 1. The lowest BCUT2D eigenvalue weighted by Crippen LogP contribution is -2.12. The zero-order valence-electron chi connectivity index (χ0n) is 13.8. The minimum Gasteiger partial charge on any atom is -0.492 e. The molecule has 0 spiro atoms. The third-order valence-electron chi connectivity index (χ3n) is 3.53. The monoisotopic (exact) mass is 355 g/mol. The van der Waals surface area contributed by atoms with Crippen molar-refractivity contribution < 1.29 is 9.53 Å². The van der Waals surface area contributed by atoms with Gasteiger partial charge < -0.3 is 15.4 Å². The van der Waals surface area contributed by atoms with E-state index in [4.69, 9.17) is 16.3 Å². The highest BCUT2D eigenvalue weighted by molar-refractivity contribution is 6.34. The van der Waals surface area contributed by atoms with Gasteiger partial charge in [0.25, 0.3) is 0 Å². The molecule has 0 aliphatic heterocycles. The van der Waals surface area contributed by atoms with Crippen LogP contribution in [0.15, 0.2) is 54.6 Å². The van der Waals surface area contributed by atoms with Gasteiger partial charge in [-0.1, -0.05) is 41.9 Å². The van der Waals surface area contributed by atoms with Crippen molar-refractivity contribution in [2.75, 3.05) is 23.8 Å². The van der Waals surface area contributed by atoms with Crippen molar-refractivity contribution in [2.24, 2.45) is 0 Å². The van der Waals surface area contributed by atoms with Crippen LogP contribution >= 0.6 is 11.6 Å². The Labute approximate surface area is 151 Å². The number of benzene rings is 2. The van der Waals surface area contributed by atoms with E-state index in [9.17, 15) is 4.79 Å². The van der Waals surface area contributed by atoms with E-state index >= 15 is 0 Å². The molecule has 1 amide bonds. The molecule has 6 heteroatoms. The molecular weight excluding hydrogens is 338 g/mol. The summed E-state index contributed by atoms with van der Waals surface area (Å²) in [4.78, 5) is 15.4. The Morgan fingerprint density at radius 1 is 1.16 bits per heavy atom. The molecule has 25 heavy (non-hydrogen) atoms. The summed E-state index contributed by atoms with van der Waals surface area (Å²) in [5, 5.41) is 8.37. The van der Waals surface area contributed by atoms with Gasteiger partial charge in [-0.2, -0.15) is 0 Å². The van der Waals surface area contributed by atoms with E-state index in [1.165, 1.54) is 6.92 Å². The van der Waals surface area contributed by atoms with Crippen molar-refractivity contribution in [3.63, 3.8) is 0 Å². The summed E-state index contributed by atoms with van der Waals surface area (Å²) in [6, 6.07) is 17.1. The molecule has 5 nitrogen and oxygen atoms in total. The molecule has 1 aromatic heterocycles. The fourth-order valence-corrected chi connectivity index (χ4v) is 2.72. The number of halogens is 1. The van der Waals surface area contributed by atoms with Gasteiger partial charge in [0.2, 0.25) is 5.91 Å². The van der Waals surface area contributed by atoms with Crippen molar-refractivity contribution in [2.45, 2.75) is 6.92 Å². The molecule has 0 aliphatic carbocycles. The summed E-state index contributed by atoms with van der Waals surface area (Å²) in [6.45, 7) is 2.50. The number of carbonyl (C=O) groups excluding carboxylic acids is 1. The van der Waals surface area contributed by atoms with E-state index in [-0.39, 0.29) is 5.91 Å². The molecule has 0 aliphatic rings. The summed E-state index contributed by atoms with van der Waals surface area (Å²) < 4.78 is 5.69. The van der Waals surface area contributed by atoms with Crippen LogP contribution in [0.4, 0.5) is 11.5 Å². The van der Waals surface area contributed by atoms with E-state index in [1.807, 2.05) is 48.5 Å². The van der Waals surface area contributed by atoms with Gasteiger partial charge in [0.05, 0.1) is 6.54 Å². The maximum absolute atomic E-state index is 11.1. The number of hydrogen-bond acceptors (Lipinski definition) is 4. The first-order valence-electron chi connectivity index (χ1n) is 7.91. The van der Waals surface area contributed by atoms with Gasteiger partial charge in [0.15, 0.2) is 0 Å². The predicted octanol–water partition coefficient (Wildman–Crippen LogP) is 4.34. The zero-order valence-corrected chi connectivity index (χ0v) is 14.5. The number of nitrogens with zero attached hydrogens (tertiary/aromatic N) is 1. The van der Waals surface area contributed by atoms with Gasteiger partial charge in [0, 0.05) is 24.1 Å².